The van der Waals surface area contributed by atoms with Gasteiger partial charge in [-0.1, -0.05) is 12.5 Å². The molecule has 2 atom stereocenters. The second kappa shape index (κ2) is 5.09. The zero-order valence-electron chi connectivity index (χ0n) is 11.3. The number of benzene rings is 1. The van der Waals surface area contributed by atoms with Crippen molar-refractivity contribution in [3.63, 3.8) is 0 Å². The summed E-state index contributed by atoms with van der Waals surface area (Å²) in [4.78, 5) is 0. The zero-order chi connectivity index (χ0) is 12.4. The van der Waals surface area contributed by atoms with Gasteiger partial charge in [-0.2, -0.15) is 0 Å². The summed E-state index contributed by atoms with van der Waals surface area (Å²) in [6, 6.07) is 5.13. The smallest absolute Gasteiger partial charge is 0.122 e. The summed E-state index contributed by atoms with van der Waals surface area (Å²) in [5, 5.41) is 3.46. The van der Waals surface area contributed by atoms with Gasteiger partial charge in [-0.25, -0.2) is 0 Å². The Morgan fingerprint density at radius 2 is 1.94 bits per heavy atom. The molecule has 1 N–H and O–H groups in total. The molecule has 1 aliphatic rings. The predicted octanol–water partition coefficient (Wildman–Crippen LogP) is 3.17. The highest BCUT2D eigenvalue weighted by atomic mass is 16.5. The molecular formula is C15H23NO. The first-order valence-corrected chi connectivity index (χ1v) is 6.49. The van der Waals surface area contributed by atoms with Crippen molar-refractivity contribution < 1.29 is 4.74 Å². The average Bonchev–Trinajstić information content (AvgIpc) is 2.79. The highest BCUT2D eigenvalue weighted by Gasteiger charge is 2.28. The van der Waals surface area contributed by atoms with Gasteiger partial charge in [0.25, 0.3) is 0 Å². The van der Waals surface area contributed by atoms with Crippen LogP contribution < -0.4 is 10.1 Å². The molecule has 0 amide bonds. The average molecular weight is 233 g/mol. The van der Waals surface area contributed by atoms with Gasteiger partial charge in [-0.3, -0.25) is 0 Å². The van der Waals surface area contributed by atoms with Crippen molar-refractivity contribution in [3.8, 4) is 5.75 Å². The summed E-state index contributed by atoms with van der Waals surface area (Å²) >= 11 is 0. The molecule has 94 valence electrons. The first-order chi connectivity index (χ1) is 8.17. The summed E-state index contributed by atoms with van der Waals surface area (Å²) in [7, 11) is 3.82. The van der Waals surface area contributed by atoms with Crippen LogP contribution >= 0.6 is 0 Å². The largest absolute Gasteiger partial charge is 0.496 e. The van der Waals surface area contributed by atoms with E-state index in [4.69, 9.17) is 4.74 Å². The normalized spacial score (nSPS) is 24.0. The van der Waals surface area contributed by atoms with Gasteiger partial charge >= 0.3 is 0 Å². The van der Waals surface area contributed by atoms with E-state index in [1.54, 1.807) is 7.11 Å². The Labute approximate surface area is 104 Å². The Morgan fingerprint density at radius 1 is 1.18 bits per heavy atom. The van der Waals surface area contributed by atoms with Crippen LogP contribution in [0, 0.1) is 13.8 Å². The minimum Gasteiger partial charge on any atom is -0.496 e. The molecule has 0 heterocycles. The third-order valence-corrected chi connectivity index (χ3v) is 4.07. The van der Waals surface area contributed by atoms with E-state index in [0.29, 0.717) is 12.0 Å². The Balaban J connectivity index is 2.35. The van der Waals surface area contributed by atoms with Gasteiger partial charge < -0.3 is 10.1 Å². The van der Waals surface area contributed by atoms with Crippen LogP contribution in [-0.2, 0) is 0 Å². The van der Waals surface area contributed by atoms with Crippen LogP contribution in [0.15, 0.2) is 12.1 Å². The Hall–Kier alpha value is -1.02. The lowest BCUT2D eigenvalue weighted by atomic mass is 9.89. The van der Waals surface area contributed by atoms with Crippen LogP contribution in [0.25, 0.3) is 0 Å². The van der Waals surface area contributed by atoms with Gasteiger partial charge in [-0.15, -0.1) is 0 Å². The number of likely N-dealkylation sites (N-methyl/N-ethyl adjacent to an activating group) is 1. The first kappa shape index (κ1) is 12.4. The van der Waals surface area contributed by atoms with E-state index in [-0.39, 0.29) is 0 Å². The molecule has 1 aromatic rings. The van der Waals surface area contributed by atoms with Gasteiger partial charge in [0.05, 0.1) is 7.11 Å². The predicted molar refractivity (Wildman–Crippen MR) is 71.9 cm³/mol. The molecule has 0 saturated heterocycles. The van der Waals surface area contributed by atoms with Gasteiger partial charge in [0.2, 0.25) is 0 Å². The number of aryl methyl sites for hydroxylation is 2. The lowest BCUT2D eigenvalue weighted by Gasteiger charge is -2.22. The summed E-state index contributed by atoms with van der Waals surface area (Å²) < 4.78 is 5.38. The van der Waals surface area contributed by atoms with E-state index < -0.39 is 0 Å². The number of ether oxygens (including phenoxy) is 1. The fraction of sp³-hybridized carbons (Fsp3) is 0.600. The lowest BCUT2D eigenvalue weighted by Crippen LogP contribution is -2.27. The molecule has 1 aromatic carbocycles. The number of methoxy groups -OCH3 is 1. The standard InChI is InChI=1S/C15H23NO/c1-10-9-15(17-4)11(2)8-13(10)12-6-5-7-14(12)16-3/h8-9,12,14,16H,5-7H2,1-4H3. The van der Waals surface area contributed by atoms with E-state index in [9.17, 15) is 0 Å². The number of rotatable bonds is 3. The van der Waals surface area contributed by atoms with Crippen LogP contribution in [0.4, 0.5) is 0 Å². The Kier molecular flexibility index (Phi) is 3.72. The molecule has 0 bridgehead atoms. The molecule has 2 unspecified atom stereocenters. The SMILES string of the molecule is CNC1CCCC1c1cc(C)c(OC)cc1C. The molecule has 0 aromatic heterocycles. The van der Waals surface area contributed by atoms with E-state index in [1.807, 2.05) is 0 Å². The molecular weight excluding hydrogens is 210 g/mol. The molecule has 0 radical (unpaired) electrons. The second-order valence-corrected chi connectivity index (χ2v) is 5.11. The number of nitrogens with one attached hydrogen (secondary N) is 1. The maximum absolute atomic E-state index is 5.38. The van der Waals surface area contributed by atoms with Gasteiger partial charge in [0.1, 0.15) is 5.75 Å². The fourth-order valence-electron chi connectivity index (χ4n) is 3.11. The van der Waals surface area contributed by atoms with Crippen molar-refractivity contribution in [3.05, 3.63) is 28.8 Å². The summed E-state index contributed by atoms with van der Waals surface area (Å²) in [6.07, 6.45) is 3.94. The van der Waals surface area contributed by atoms with Crippen molar-refractivity contribution in [2.24, 2.45) is 0 Å². The van der Waals surface area contributed by atoms with Crippen molar-refractivity contribution in [2.45, 2.75) is 45.1 Å². The van der Waals surface area contributed by atoms with Crippen molar-refractivity contribution >= 4 is 0 Å². The monoisotopic (exact) mass is 233 g/mol. The topological polar surface area (TPSA) is 21.3 Å². The highest BCUT2D eigenvalue weighted by Crippen LogP contribution is 2.38. The lowest BCUT2D eigenvalue weighted by molar-refractivity contribution is 0.410. The molecule has 1 saturated carbocycles. The maximum Gasteiger partial charge on any atom is 0.122 e. The third-order valence-electron chi connectivity index (χ3n) is 4.07. The maximum atomic E-state index is 5.38. The van der Waals surface area contributed by atoms with E-state index in [1.165, 1.54) is 36.0 Å². The van der Waals surface area contributed by atoms with Crippen LogP contribution in [-0.4, -0.2) is 20.2 Å². The third kappa shape index (κ3) is 2.32. The molecule has 2 nitrogen and oxygen atoms in total. The Bertz CT molecular complexity index is 400. The molecule has 1 aliphatic carbocycles. The molecule has 17 heavy (non-hydrogen) atoms. The highest BCUT2D eigenvalue weighted by molar-refractivity contribution is 5.43. The minimum atomic E-state index is 0.640. The summed E-state index contributed by atoms with van der Waals surface area (Å²) in [5.41, 5.74) is 4.11. The van der Waals surface area contributed by atoms with Gasteiger partial charge in [0, 0.05) is 6.04 Å². The summed E-state index contributed by atoms with van der Waals surface area (Å²) in [5.74, 6) is 1.68. The van der Waals surface area contributed by atoms with Gasteiger partial charge in [0.15, 0.2) is 0 Å². The minimum absolute atomic E-state index is 0.640. The first-order valence-electron chi connectivity index (χ1n) is 6.49. The van der Waals surface area contributed by atoms with Crippen molar-refractivity contribution in [1.29, 1.82) is 0 Å². The van der Waals surface area contributed by atoms with Crippen molar-refractivity contribution in [2.75, 3.05) is 14.2 Å². The number of hydrogen-bond acceptors (Lipinski definition) is 2. The van der Waals surface area contributed by atoms with Crippen LogP contribution in [0.2, 0.25) is 0 Å². The Morgan fingerprint density at radius 3 is 2.59 bits per heavy atom. The van der Waals surface area contributed by atoms with Gasteiger partial charge in [-0.05, 0) is 62.4 Å². The van der Waals surface area contributed by atoms with Crippen molar-refractivity contribution in [1.82, 2.24) is 5.32 Å². The molecule has 2 rings (SSSR count). The van der Waals surface area contributed by atoms with E-state index in [0.717, 1.165) is 5.75 Å². The quantitative estimate of drug-likeness (QED) is 0.866. The number of hydrogen-bond donors (Lipinski definition) is 1. The van der Waals surface area contributed by atoms with E-state index >= 15 is 0 Å². The van der Waals surface area contributed by atoms with Crippen LogP contribution in [0.3, 0.4) is 0 Å². The molecule has 0 spiro atoms. The molecule has 1 fully saturated rings. The van der Waals surface area contributed by atoms with Crippen LogP contribution in [0.5, 0.6) is 5.75 Å². The summed E-state index contributed by atoms with van der Waals surface area (Å²) in [6.45, 7) is 4.33. The molecule has 0 aliphatic heterocycles. The zero-order valence-corrected chi connectivity index (χ0v) is 11.3. The van der Waals surface area contributed by atoms with E-state index in [2.05, 4.69) is 38.3 Å². The van der Waals surface area contributed by atoms with Crippen LogP contribution in [0.1, 0.15) is 41.9 Å². The molecule has 2 heteroatoms. The fourth-order valence-corrected chi connectivity index (χ4v) is 3.11. The second-order valence-electron chi connectivity index (χ2n) is 5.11.